The Morgan fingerprint density at radius 3 is 2.50 bits per heavy atom. The number of rotatable bonds is 4. The zero-order chi connectivity index (χ0) is 12.3. The molecule has 1 aromatic carbocycles. The van der Waals surface area contributed by atoms with Gasteiger partial charge in [-0.25, -0.2) is 8.42 Å². The van der Waals surface area contributed by atoms with Crippen LogP contribution in [-0.2, 0) is 10.0 Å². The number of sulfonamides is 1. The number of nitrogens with one attached hydrogen (secondary N) is 1. The normalized spacial score (nSPS) is 11.2. The van der Waals surface area contributed by atoms with Crippen LogP contribution in [0.4, 0.5) is 5.69 Å². The van der Waals surface area contributed by atoms with E-state index in [4.69, 9.17) is 16.3 Å². The summed E-state index contributed by atoms with van der Waals surface area (Å²) < 4.78 is 30.2. The van der Waals surface area contributed by atoms with E-state index in [1.807, 2.05) is 6.92 Å². The highest BCUT2D eigenvalue weighted by atomic mass is 35.5. The van der Waals surface area contributed by atoms with E-state index in [2.05, 4.69) is 4.72 Å². The van der Waals surface area contributed by atoms with Gasteiger partial charge in [0.15, 0.2) is 0 Å². The van der Waals surface area contributed by atoms with E-state index in [0.29, 0.717) is 11.4 Å². The van der Waals surface area contributed by atoms with Crippen LogP contribution in [-0.4, -0.2) is 20.7 Å². The van der Waals surface area contributed by atoms with Gasteiger partial charge in [0.25, 0.3) is 0 Å². The summed E-state index contributed by atoms with van der Waals surface area (Å²) in [4.78, 5) is 0. The molecular formula is C10H14ClNO3S. The van der Waals surface area contributed by atoms with Gasteiger partial charge in [-0.05, 0) is 25.5 Å². The van der Waals surface area contributed by atoms with Gasteiger partial charge in [-0.15, -0.1) is 11.6 Å². The molecule has 0 saturated carbocycles. The molecule has 4 nitrogen and oxygen atoms in total. The van der Waals surface area contributed by atoms with Crippen LogP contribution in [0.1, 0.15) is 11.1 Å². The fourth-order valence-electron chi connectivity index (χ4n) is 1.45. The largest absolute Gasteiger partial charge is 0.496 e. The number of aryl methyl sites for hydroxylation is 1. The van der Waals surface area contributed by atoms with Crippen LogP contribution in [0.5, 0.6) is 5.75 Å². The molecule has 0 saturated heterocycles. The smallest absolute Gasteiger partial charge is 0.246 e. The number of benzene rings is 1. The zero-order valence-electron chi connectivity index (χ0n) is 9.37. The molecule has 0 aromatic heterocycles. The van der Waals surface area contributed by atoms with Crippen molar-refractivity contribution in [3.8, 4) is 5.75 Å². The average Bonchev–Trinajstić information content (AvgIpc) is 2.23. The summed E-state index contributed by atoms with van der Waals surface area (Å²) in [6, 6.07) is 3.48. The molecule has 6 heteroatoms. The molecule has 90 valence electrons. The number of ether oxygens (including phenoxy) is 1. The summed E-state index contributed by atoms with van der Waals surface area (Å²) in [6.07, 6.45) is 0. The van der Waals surface area contributed by atoms with E-state index in [0.717, 1.165) is 11.1 Å². The molecule has 16 heavy (non-hydrogen) atoms. The predicted molar refractivity (Wildman–Crippen MR) is 65.7 cm³/mol. The maximum Gasteiger partial charge on any atom is 0.246 e. The molecule has 0 heterocycles. The number of anilines is 1. The van der Waals surface area contributed by atoms with Gasteiger partial charge in [0.05, 0.1) is 12.8 Å². The molecule has 0 bridgehead atoms. The van der Waals surface area contributed by atoms with Gasteiger partial charge >= 0.3 is 0 Å². The average molecular weight is 264 g/mol. The molecule has 0 radical (unpaired) electrons. The topological polar surface area (TPSA) is 55.4 Å². The summed E-state index contributed by atoms with van der Waals surface area (Å²) >= 11 is 5.32. The second kappa shape index (κ2) is 4.93. The van der Waals surface area contributed by atoms with Gasteiger partial charge in [0.2, 0.25) is 10.0 Å². The van der Waals surface area contributed by atoms with Crippen LogP contribution in [0.2, 0.25) is 0 Å². The lowest BCUT2D eigenvalue weighted by Crippen LogP contribution is -2.14. The van der Waals surface area contributed by atoms with Crippen molar-refractivity contribution in [1.29, 1.82) is 0 Å². The Morgan fingerprint density at radius 1 is 1.38 bits per heavy atom. The van der Waals surface area contributed by atoms with Crippen molar-refractivity contribution in [3.63, 3.8) is 0 Å². The van der Waals surface area contributed by atoms with E-state index in [1.165, 1.54) is 0 Å². The summed E-state index contributed by atoms with van der Waals surface area (Å²) in [7, 11) is -1.92. The van der Waals surface area contributed by atoms with Crippen molar-refractivity contribution in [2.75, 3.05) is 17.0 Å². The maximum atomic E-state index is 11.3. The highest BCUT2D eigenvalue weighted by molar-refractivity contribution is 7.93. The first-order valence-electron chi connectivity index (χ1n) is 4.62. The van der Waals surface area contributed by atoms with Crippen LogP contribution >= 0.6 is 11.6 Å². The fraction of sp³-hybridized carbons (Fsp3) is 0.400. The zero-order valence-corrected chi connectivity index (χ0v) is 10.9. The summed E-state index contributed by atoms with van der Waals surface area (Å²) in [5, 5.41) is -0.470. The van der Waals surface area contributed by atoms with Crippen LogP contribution in [0.3, 0.4) is 0 Å². The minimum absolute atomic E-state index is 0.470. The number of alkyl halides is 1. The van der Waals surface area contributed by atoms with Gasteiger partial charge in [-0.3, -0.25) is 4.72 Å². The van der Waals surface area contributed by atoms with Crippen molar-refractivity contribution >= 4 is 27.3 Å². The van der Waals surface area contributed by atoms with Crippen LogP contribution in [0.15, 0.2) is 12.1 Å². The van der Waals surface area contributed by atoms with Crippen LogP contribution in [0.25, 0.3) is 0 Å². The summed E-state index contributed by atoms with van der Waals surface area (Å²) in [6.45, 7) is 3.68. The molecule has 0 aliphatic heterocycles. The summed E-state index contributed by atoms with van der Waals surface area (Å²) in [5.41, 5.74) is 2.19. The minimum atomic E-state index is -3.47. The Kier molecular flexibility index (Phi) is 4.04. The first-order chi connectivity index (χ1) is 7.41. The van der Waals surface area contributed by atoms with Gasteiger partial charge in [0, 0.05) is 5.56 Å². The second-order valence-electron chi connectivity index (χ2n) is 3.41. The first kappa shape index (κ1) is 13.1. The molecule has 1 rings (SSSR count). The Labute approximate surface area is 101 Å². The lowest BCUT2D eigenvalue weighted by Gasteiger charge is -2.14. The Hall–Kier alpha value is -0.940. The van der Waals surface area contributed by atoms with E-state index in [-0.39, 0.29) is 0 Å². The van der Waals surface area contributed by atoms with Crippen molar-refractivity contribution in [2.45, 2.75) is 13.8 Å². The SMILES string of the molecule is COc1c(C)ccc(NS(=O)(=O)CCl)c1C. The molecular weight excluding hydrogens is 250 g/mol. The number of hydrogen-bond donors (Lipinski definition) is 1. The predicted octanol–water partition coefficient (Wildman–Crippen LogP) is 2.25. The number of hydrogen-bond acceptors (Lipinski definition) is 3. The second-order valence-corrected chi connectivity index (χ2v) is 5.72. The standard InChI is InChI=1S/C10H14ClNO3S/c1-7-4-5-9(8(2)10(7)15-3)12-16(13,14)6-11/h4-5,12H,6H2,1-3H3. The van der Waals surface area contributed by atoms with Gasteiger partial charge in [0.1, 0.15) is 11.0 Å². The fourth-order valence-corrected chi connectivity index (χ4v) is 2.22. The Bertz CT molecular complexity index is 485. The molecule has 0 fully saturated rings. The Morgan fingerprint density at radius 2 is 2.00 bits per heavy atom. The van der Waals surface area contributed by atoms with Gasteiger partial charge in [-0.2, -0.15) is 0 Å². The van der Waals surface area contributed by atoms with Gasteiger partial charge in [-0.1, -0.05) is 6.07 Å². The van der Waals surface area contributed by atoms with Crippen LogP contribution in [0, 0.1) is 13.8 Å². The lowest BCUT2D eigenvalue weighted by molar-refractivity contribution is 0.409. The molecule has 1 aromatic rings. The molecule has 0 amide bonds. The third-order valence-corrected chi connectivity index (χ3v) is 3.90. The molecule has 0 aliphatic carbocycles. The first-order valence-corrected chi connectivity index (χ1v) is 6.80. The van der Waals surface area contributed by atoms with E-state index < -0.39 is 15.2 Å². The minimum Gasteiger partial charge on any atom is -0.496 e. The molecule has 0 aliphatic rings. The summed E-state index contributed by atoms with van der Waals surface area (Å²) in [5.74, 6) is 0.676. The molecule has 0 spiro atoms. The lowest BCUT2D eigenvalue weighted by atomic mass is 10.1. The Balaban J connectivity index is 3.17. The van der Waals surface area contributed by atoms with E-state index in [9.17, 15) is 8.42 Å². The third-order valence-electron chi connectivity index (χ3n) is 2.22. The molecule has 1 N–H and O–H groups in total. The molecule has 0 unspecified atom stereocenters. The van der Waals surface area contributed by atoms with E-state index >= 15 is 0 Å². The highest BCUT2D eigenvalue weighted by Gasteiger charge is 2.13. The third kappa shape index (κ3) is 2.80. The van der Waals surface area contributed by atoms with Crippen LogP contribution < -0.4 is 9.46 Å². The quantitative estimate of drug-likeness (QED) is 0.848. The van der Waals surface area contributed by atoms with Crippen molar-refractivity contribution in [1.82, 2.24) is 0 Å². The maximum absolute atomic E-state index is 11.3. The highest BCUT2D eigenvalue weighted by Crippen LogP contribution is 2.29. The van der Waals surface area contributed by atoms with Crippen molar-refractivity contribution in [2.24, 2.45) is 0 Å². The number of methoxy groups -OCH3 is 1. The molecule has 0 atom stereocenters. The van der Waals surface area contributed by atoms with Gasteiger partial charge < -0.3 is 4.74 Å². The number of halogens is 1. The van der Waals surface area contributed by atoms with Crippen molar-refractivity contribution in [3.05, 3.63) is 23.3 Å². The van der Waals surface area contributed by atoms with E-state index in [1.54, 1.807) is 26.2 Å². The van der Waals surface area contributed by atoms with Crippen molar-refractivity contribution < 1.29 is 13.2 Å². The monoisotopic (exact) mass is 263 g/mol.